The summed E-state index contributed by atoms with van der Waals surface area (Å²) in [5, 5.41) is 22.4. The molecule has 0 aliphatic rings. The number of hydrogen-bond donors (Lipinski definition) is 3. The van der Waals surface area contributed by atoms with Crippen LogP contribution in [0.1, 0.15) is 34.8 Å². The van der Waals surface area contributed by atoms with Crippen molar-refractivity contribution in [2.24, 2.45) is 0 Å². The number of aromatic hydroxyl groups is 1. The topological polar surface area (TPSA) is 114 Å². The maximum Gasteiger partial charge on any atom is 0.267 e. The molecule has 8 nitrogen and oxygen atoms in total. The molecule has 0 saturated heterocycles. The van der Waals surface area contributed by atoms with Crippen molar-refractivity contribution < 1.29 is 24.1 Å². The molecule has 1 atom stereocenters. The molecule has 0 aliphatic heterocycles. The SMILES string of the molecule is COCCCn1c(=O)c(C(=O)N[C@@H](C)CO)c(O)c2ncc(Cc3ccc(F)cc3)cc21. The number of fused-ring (bicyclic) bond motifs is 1. The average Bonchev–Trinajstić information content (AvgIpc) is 2.77. The lowest BCUT2D eigenvalue weighted by atomic mass is 10.0. The molecular weight excluding hydrogens is 417 g/mol. The molecule has 0 spiro atoms. The van der Waals surface area contributed by atoms with Crippen molar-refractivity contribution in [2.75, 3.05) is 20.3 Å². The molecule has 1 amide bonds. The van der Waals surface area contributed by atoms with Crippen LogP contribution in [0.3, 0.4) is 0 Å². The van der Waals surface area contributed by atoms with Gasteiger partial charge in [0.2, 0.25) is 0 Å². The van der Waals surface area contributed by atoms with E-state index in [1.54, 1.807) is 38.4 Å². The molecule has 3 rings (SSSR count). The van der Waals surface area contributed by atoms with E-state index in [0.29, 0.717) is 25.0 Å². The zero-order valence-electron chi connectivity index (χ0n) is 18.0. The van der Waals surface area contributed by atoms with Crippen LogP contribution < -0.4 is 10.9 Å². The van der Waals surface area contributed by atoms with Crippen molar-refractivity contribution in [2.45, 2.75) is 32.4 Å². The molecule has 2 heterocycles. The molecule has 0 fully saturated rings. The van der Waals surface area contributed by atoms with E-state index < -0.39 is 28.8 Å². The van der Waals surface area contributed by atoms with Crippen molar-refractivity contribution in [3.8, 4) is 5.75 Å². The zero-order valence-corrected chi connectivity index (χ0v) is 18.0. The number of rotatable bonds is 9. The minimum atomic E-state index is -0.784. The number of aliphatic hydroxyl groups excluding tert-OH is 1. The molecule has 32 heavy (non-hydrogen) atoms. The number of benzene rings is 1. The normalized spacial score (nSPS) is 12.1. The van der Waals surface area contributed by atoms with E-state index in [0.717, 1.165) is 11.1 Å². The number of halogens is 1. The van der Waals surface area contributed by atoms with Gasteiger partial charge in [-0.3, -0.25) is 14.6 Å². The summed E-state index contributed by atoms with van der Waals surface area (Å²) >= 11 is 0. The van der Waals surface area contributed by atoms with E-state index in [2.05, 4.69) is 10.3 Å². The van der Waals surface area contributed by atoms with Crippen molar-refractivity contribution in [1.82, 2.24) is 14.9 Å². The summed E-state index contributed by atoms with van der Waals surface area (Å²) < 4.78 is 19.7. The second-order valence-electron chi connectivity index (χ2n) is 7.60. The number of methoxy groups -OCH3 is 1. The van der Waals surface area contributed by atoms with Gasteiger partial charge in [-0.2, -0.15) is 0 Å². The van der Waals surface area contributed by atoms with Gasteiger partial charge in [0.25, 0.3) is 11.5 Å². The Morgan fingerprint density at radius 3 is 2.66 bits per heavy atom. The molecule has 3 aromatic rings. The number of carbonyl (C=O) groups excluding carboxylic acids is 1. The molecule has 2 aromatic heterocycles. The number of ether oxygens (including phenoxy) is 1. The van der Waals surface area contributed by atoms with Gasteiger partial charge < -0.3 is 24.8 Å². The predicted octanol–water partition coefficient (Wildman–Crippen LogP) is 1.98. The summed E-state index contributed by atoms with van der Waals surface area (Å²) in [5.74, 6) is -1.62. The third kappa shape index (κ3) is 5.12. The lowest BCUT2D eigenvalue weighted by Gasteiger charge is -2.16. The first-order valence-electron chi connectivity index (χ1n) is 10.2. The summed E-state index contributed by atoms with van der Waals surface area (Å²) in [6.07, 6.45) is 2.51. The standard InChI is InChI=1S/C23H26FN3O5/c1-14(13-28)26-22(30)19-21(29)20-18(27(23(19)31)8-3-9-32-2)11-16(12-25-20)10-15-4-6-17(24)7-5-15/h4-7,11-12,14,28-29H,3,8-10,13H2,1-2H3,(H,26,30)/t14-/m0/s1. The fraction of sp³-hybridized carbons (Fsp3) is 0.348. The van der Waals surface area contributed by atoms with E-state index >= 15 is 0 Å². The highest BCUT2D eigenvalue weighted by Crippen LogP contribution is 2.26. The lowest BCUT2D eigenvalue weighted by molar-refractivity contribution is 0.0917. The van der Waals surface area contributed by atoms with Gasteiger partial charge in [0.05, 0.1) is 12.1 Å². The van der Waals surface area contributed by atoms with Gasteiger partial charge >= 0.3 is 0 Å². The summed E-state index contributed by atoms with van der Waals surface area (Å²) in [4.78, 5) is 30.1. The molecule has 0 unspecified atom stereocenters. The van der Waals surface area contributed by atoms with Crippen LogP contribution >= 0.6 is 0 Å². The summed E-state index contributed by atoms with van der Waals surface area (Å²) in [6, 6.07) is 7.21. The number of amides is 1. The average molecular weight is 443 g/mol. The molecular formula is C23H26FN3O5. The van der Waals surface area contributed by atoms with Crippen LogP contribution in [0.5, 0.6) is 5.75 Å². The fourth-order valence-corrected chi connectivity index (χ4v) is 3.42. The van der Waals surface area contributed by atoms with Gasteiger partial charge in [-0.1, -0.05) is 12.1 Å². The molecule has 1 aromatic carbocycles. The Morgan fingerprint density at radius 1 is 1.28 bits per heavy atom. The molecule has 0 radical (unpaired) electrons. The number of aliphatic hydroxyl groups is 1. The minimum Gasteiger partial charge on any atom is -0.505 e. The van der Waals surface area contributed by atoms with Crippen LogP contribution in [0.2, 0.25) is 0 Å². The van der Waals surface area contributed by atoms with Crippen LogP contribution in [0, 0.1) is 5.82 Å². The number of nitrogens with zero attached hydrogens (tertiary/aromatic N) is 2. The van der Waals surface area contributed by atoms with Crippen LogP contribution in [0.25, 0.3) is 11.0 Å². The number of aromatic nitrogens is 2. The fourth-order valence-electron chi connectivity index (χ4n) is 3.42. The maximum absolute atomic E-state index is 13.2. The number of aryl methyl sites for hydroxylation is 1. The number of hydrogen-bond acceptors (Lipinski definition) is 6. The van der Waals surface area contributed by atoms with Gasteiger partial charge in [0.1, 0.15) is 16.9 Å². The van der Waals surface area contributed by atoms with Gasteiger partial charge in [0, 0.05) is 32.5 Å². The van der Waals surface area contributed by atoms with E-state index in [9.17, 15) is 24.2 Å². The van der Waals surface area contributed by atoms with Gasteiger partial charge in [-0.05, 0) is 49.1 Å². The Balaban J connectivity index is 2.10. The molecule has 0 aliphatic carbocycles. The Bertz CT molecular complexity index is 1160. The molecule has 9 heteroatoms. The summed E-state index contributed by atoms with van der Waals surface area (Å²) in [6.45, 7) is 1.92. The first kappa shape index (κ1) is 23.4. The van der Waals surface area contributed by atoms with Gasteiger partial charge in [0.15, 0.2) is 5.75 Å². The van der Waals surface area contributed by atoms with Crippen molar-refractivity contribution >= 4 is 16.9 Å². The highest BCUT2D eigenvalue weighted by atomic mass is 19.1. The van der Waals surface area contributed by atoms with Crippen LogP contribution in [0.4, 0.5) is 4.39 Å². The molecule has 0 saturated carbocycles. The van der Waals surface area contributed by atoms with Gasteiger partial charge in [-0.15, -0.1) is 0 Å². The third-order valence-electron chi connectivity index (χ3n) is 5.07. The lowest BCUT2D eigenvalue weighted by Crippen LogP contribution is -2.39. The first-order chi connectivity index (χ1) is 15.3. The van der Waals surface area contributed by atoms with Crippen molar-refractivity contribution in [3.05, 3.63) is 69.4 Å². The summed E-state index contributed by atoms with van der Waals surface area (Å²) in [7, 11) is 1.55. The smallest absolute Gasteiger partial charge is 0.267 e. The van der Waals surface area contributed by atoms with Crippen LogP contribution in [0.15, 0.2) is 41.3 Å². The maximum atomic E-state index is 13.2. The Labute approximate surface area is 184 Å². The zero-order chi connectivity index (χ0) is 23.3. The third-order valence-corrected chi connectivity index (χ3v) is 5.07. The van der Waals surface area contributed by atoms with E-state index in [1.165, 1.54) is 16.7 Å². The minimum absolute atomic E-state index is 0.117. The molecule has 3 N–H and O–H groups in total. The Morgan fingerprint density at radius 2 is 2.00 bits per heavy atom. The highest BCUT2D eigenvalue weighted by molar-refractivity contribution is 6.01. The Hall–Kier alpha value is -3.30. The molecule has 170 valence electrons. The number of pyridine rings is 2. The largest absolute Gasteiger partial charge is 0.505 e. The first-order valence-corrected chi connectivity index (χ1v) is 10.2. The number of nitrogens with one attached hydrogen (secondary N) is 1. The quantitative estimate of drug-likeness (QED) is 0.436. The van der Waals surface area contributed by atoms with E-state index in [4.69, 9.17) is 4.74 Å². The van der Waals surface area contributed by atoms with Crippen LogP contribution in [-0.2, 0) is 17.7 Å². The highest BCUT2D eigenvalue weighted by Gasteiger charge is 2.24. The van der Waals surface area contributed by atoms with Crippen molar-refractivity contribution in [3.63, 3.8) is 0 Å². The summed E-state index contributed by atoms with van der Waals surface area (Å²) in [5.41, 5.74) is 1.04. The second-order valence-corrected chi connectivity index (χ2v) is 7.60. The van der Waals surface area contributed by atoms with E-state index in [-0.39, 0.29) is 24.5 Å². The molecule has 0 bridgehead atoms. The van der Waals surface area contributed by atoms with E-state index in [1.807, 2.05) is 0 Å². The monoisotopic (exact) mass is 443 g/mol. The second kappa shape index (κ2) is 10.3. The van der Waals surface area contributed by atoms with Gasteiger partial charge in [-0.25, -0.2) is 4.39 Å². The Kier molecular flexibility index (Phi) is 7.55. The predicted molar refractivity (Wildman–Crippen MR) is 117 cm³/mol. The van der Waals surface area contributed by atoms with Crippen LogP contribution in [-0.4, -0.2) is 52.0 Å². The van der Waals surface area contributed by atoms with Crippen molar-refractivity contribution in [1.29, 1.82) is 0 Å². The number of carbonyl (C=O) groups is 1.